The first kappa shape index (κ1) is 15.2. The van der Waals surface area contributed by atoms with Crippen molar-refractivity contribution in [2.75, 3.05) is 0 Å². The Morgan fingerprint density at radius 2 is 2.10 bits per heavy atom. The van der Waals surface area contributed by atoms with E-state index in [-0.39, 0.29) is 4.90 Å². The average molecular weight is 388 g/mol. The summed E-state index contributed by atoms with van der Waals surface area (Å²) < 4.78 is 28.5. The number of thiophene rings is 1. The lowest BCUT2D eigenvalue weighted by molar-refractivity contribution is 0.151. The number of sulfonamides is 1. The van der Waals surface area contributed by atoms with Crippen molar-refractivity contribution in [3.63, 3.8) is 0 Å². The summed E-state index contributed by atoms with van der Waals surface area (Å²) >= 11 is 4.68. The van der Waals surface area contributed by atoms with Crippen LogP contribution in [0.5, 0.6) is 0 Å². The molecule has 3 rings (SSSR count). The molecular weight excluding hydrogens is 374 g/mol. The van der Waals surface area contributed by atoms with Crippen molar-refractivity contribution in [3.8, 4) is 0 Å². The van der Waals surface area contributed by atoms with Gasteiger partial charge in [0.05, 0.1) is 20.8 Å². The Morgan fingerprint density at radius 3 is 2.76 bits per heavy atom. The first-order valence-corrected chi connectivity index (χ1v) is 9.52. The Balaban J connectivity index is 1.95. The molecule has 1 heterocycles. The van der Waals surface area contributed by atoms with Gasteiger partial charge in [-0.3, -0.25) is 0 Å². The van der Waals surface area contributed by atoms with Gasteiger partial charge in [0, 0.05) is 11.3 Å². The van der Waals surface area contributed by atoms with Gasteiger partial charge in [-0.05, 0) is 40.0 Å². The Morgan fingerprint density at radius 1 is 1.38 bits per heavy atom. The van der Waals surface area contributed by atoms with Gasteiger partial charge in [0.2, 0.25) is 10.0 Å². The van der Waals surface area contributed by atoms with E-state index in [2.05, 4.69) is 20.7 Å². The van der Waals surface area contributed by atoms with Gasteiger partial charge in [0.15, 0.2) is 0 Å². The highest BCUT2D eigenvalue weighted by Gasteiger charge is 2.34. The second-order valence-corrected chi connectivity index (χ2v) is 9.36. The van der Waals surface area contributed by atoms with Crippen LogP contribution < -0.4 is 4.72 Å². The summed E-state index contributed by atoms with van der Waals surface area (Å²) in [6, 6.07) is 8.52. The number of benzene rings is 1. The van der Waals surface area contributed by atoms with Crippen LogP contribution in [-0.2, 0) is 16.4 Å². The minimum atomic E-state index is -3.66. The third-order valence-corrected chi connectivity index (χ3v) is 6.87. The number of aliphatic hydroxyl groups is 1. The molecule has 1 aromatic heterocycles. The summed E-state index contributed by atoms with van der Waals surface area (Å²) in [4.78, 5) is 0.978. The molecule has 1 aliphatic rings. The predicted molar refractivity (Wildman–Crippen MR) is 86.0 cm³/mol. The van der Waals surface area contributed by atoms with Crippen molar-refractivity contribution in [2.45, 2.75) is 30.4 Å². The van der Waals surface area contributed by atoms with Crippen molar-refractivity contribution < 1.29 is 13.5 Å². The molecule has 0 bridgehead atoms. The molecule has 0 unspecified atom stereocenters. The average Bonchev–Trinajstić information content (AvgIpc) is 2.91. The molecule has 112 valence electrons. The van der Waals surface area contributed by atoms with E-state index >= 15 is 0 Å². The fourth-order valence-corrected chi connectivity index (χ4v) is 6.31. The zero-order valence-corrected chi connectivity index (χ0v) is 14.4. The lowest BCUT2D eigenvalue weighted by atomic mass is 10.1. The highest BCUT2D eigenvalue weighted by atomic mass is 79.9. The monoisotopic (exact) mass is 387 g/mol. The van der Waals surface area contributed by atoms with Crippen LogP contribution in [0.4, 0.5) is 0 Å². The number of aryl methyl sites for hydroxylation is 1. The van der Waals surface area contributed by atoms with E-state index in [1.54, 1.807) is 13.0 Å². The standard InChI is InChI=1S/C14H14BrNO3S2/c1-8-12(7-13(15)20-8)21(18,19)16-14-10-5-3-2-4-9(10)6-11(14)17/h2-5,7,11,14,16-17H,6H2,1H3/t11-,14+/m0/s1. The molecule has 0 fully saturated rings. The van der Waals surface area contributed by atoms with E-state index in [0.717, 1.165) is 19.8 Å². The van der Waals surface area contributed by atoms with Crippen LogP contribution in [0.25, 0.3) is 0 Å². The predicted octanol–water partition coefficient (Wildman–Crippen LogP) is 2.76. The number of fused-ring (bicyclic) bond motifs is 1. The molecule has 7 heteroatoms. The highest BCUT2D eigenvalue weighted by molar-refractivity contribution is 9.11. The number of hydrogen-bond donors (Lipinski definition) is 2. The van der Waals surface area contributed by atoms with Gasteiger partial charge in [0.1, 0.15) is 0 Å². The second kappa shape index (κ2) is 5.48. The maximum atomic E-state index is 12.5. The zero-order chi connectivity index (χ0) is 15.2. The van der Waals surface area contributed by atoms with Gasteiger partial charge < -0.3 is 5.11 Å². The van der Waals surface area contributed by atoms with Crippen molar-refractivity contribution in [3.05, 3.63) is 50.1 Å². The van der Waals surface area contributed by atoms with Crippen LogP contribution in [0.2, 0.25) is 0 Å². The summed E-state index contributed by atoms with van der Waals surface area (Å²) in [7, 11) is -3.66. The van der Waals surface area contributed by atoms with Crippen LogP contribution in [0.1, 0.15) is 22.0 Å². The van der Waals surface area contributed by atoms with Crippen LogP contribution in [0.3, 0.4) is 0 Å². The van der Waals surface area contributed by atoms with Crippen molar-refractivity contribution in [1.29, 1.82) is 0 Å². The smallest absolute Gasteiger partial charge is 0.242 e. The lowest BCUT2D eigenvalue weighted by Gasteiger charge is -2.18. The fraction of sp³-hybridized carbons (Fsp3) is 0.286. The first-order valence-electron chi connectivity index (χ1n) is 6.42. The van der Waals surface area contributed by atoms with Crippen LogP contribution in [-0.4, -0.2) is 19.6 Å². The quantitative estimate of drug-likeness (QED) is 0.850. The Hall–Kier alpha value is -0.730. The molecule has 0 aliphatic heterocycles. The molecule has 21 heavy (non-hydrogen) atoms. The maximum absolute atomic E-state index is 12.5. The summed E-state index contributed by atoms with van der Waals surface area (Å²) in [6.45, 7) is 1.77. The molecule has 0 amide bonds. The molecule has 0 spiro atoms. The van der Waals surface area contributed by atoms with Gasteiger partial charge in [0.25, 0.3) is 0 Å². The molecule has 1 aliphatic carbocycles. The van der Waals surface area contributed by atoms with E-state index in [4.69, 9.17) is 0 Å². The Kier molecular flexibility index (Phi) is 3.96. The molecule has 0 radical (unpaired) electrons. The topological polar surface area (TPSA) is 66.4 Å². The first-order chi connectivity index (χ1) is 9.88. The molecule has 1 aromatic carbocycles. The number of halogens is 1. The maximum Gasteiger partial charge on any atom is 0.242 e. The van der Waals surface area contributed by atoms with E-state index in [1.807, 2.05) is 24.3 Å². The zero-order valence-electron chi connectivity index (χ0n) is 11.2. The summed E-state index contributed by atoms with van der Waals surface area (Å²) in [5.74, 6) is 0. The Bertz CT molecular complexity index is 785. The van der Waals surface area contributed by atoms with Gasteiger partial charge in [-0.25, -0.2) is 13.1 Å². The van der Waals surface area contributed by atoms with E-state index in [9.17, 15) is 13.5 Å². The lowest BCUT2D eigenvalue weighted by Crippen LogP contribution is -2.34. The van der Waals surface area contributed by atoms with Gasteiger partial charge in [-0.2, -0.15) is 0 Å². The highest BCUT2D eigenvalue weighted by Crippen LogP contribution is 2.34. The SMILES string of the molecule is Cc1sc(Br)cc1S(=O)(=O)N[C@@H]1c2ccccc2C[C@@H]1O. The normalized spacial score (nSPS) is 21.5. The molecule has 2 atom stereocenters. The minimum Gasteiger partial charge on any atom is -0.391 e. The third kappa shape index (κ3) is 2.80. The van der Waals surface area contributed by atoms with Crippen LogP contribution in [0, 0.1) is 6.92 Å². The molecule has 2 N–H and O–H groups in total. The van der Waals surface area contributed by atoms with Crippen molar-refractivity contribution in [1.82, 2.24) is 4.72 Å². The minimum absolute atomic E-state index is 0.260. The van der Waals surface area contributed by atoms with Crippen LogP contribution in [0.15, 0.2) is 39.0 Å². The summed E-state index contributed by atoms with van der Waals surface area (Å²) in [5, 5.41) is 10.2. The van der Waals surface area contributed by atoms with Crippen molar-refractivity contribution >= 4 is 37.3 Å². The second-order valence-electron chi connectivity index (χ2n) is 5.04. The number of nitrogens with one attached hydrogen (secondary N) is 1. The van der Waals surface area contributed by atoms with E-state index < -0.39 is 22.2 Å². The van der Waals surface area contributed by atoms with Gasteiger partial charge in [-0.15, -0.1) is 11.3 Å². The molecule has 0 saturated heterocycles. The van der Waals surface area contributed by atoms with Crippen LogP contribution >= 0.6 is 27.3 Å². The van der Waals surface area contributed by atoms with Gasteiger partial charge >= 0.3 is 0 Å². The molecule has 0 saturated carbocycles. The Labute approximate surface area is 136 Å². The fourth-order valence-electron chi connectivity index (χ4n) is 2.64. The number of hydrogen-bond acceptors (Lipinski definition) is 4. The molecular formula is C14H14BrNO3S2. The largest absolute Gasteiger partial charge is 0.391 e. The van der Waals surface area contributed by atoms with Gasteiger partial charge in [-0.1, -0.05) is 24.3 Å². The summed E-state index contributed by atoms with van der Waals surface area (Å²) in [5.41, 5.74) is 1.83. The van der Waals surface area contributed by atoms with E-state index in [0.29, 0.717) is 6.42 Å². The molecule has 4 nitrogen and oxygen atoms in total. The molecule has 2 aromatic rings. The third-order valence-electron chi connectivity index (χ3n) is 3.62. The van der Waals surface area contributed by atoms with E-state index in [1.165, 1.54) is 11.3 Å². The van der Waals surface area contributed by atoms with Crippen molar-refractivity contribution in [2.24, 2.45) is 0 Å². The number of aliphatic hydroxyl groups excluding tert-OH is 1. The summed E-state index contributed by atoms with van der Waals surface area (Å²) in [6.07, 6.45) is -0.269. The number of rotatable bonds is 3.